The number of hydrogen-bond acceptors (Lipinski definition) is 2. The second-order valence-corrected chi connectivity index (χ2v) is 5.21. The topological polar surface area (TPSA) is 37.9 Å². The molecule has 0 aliphatic heterocycles. The standard InChI is InChI=1S/C19H20N2O/c1-2-3-13-22-16-9-10-17(15-7-5-4-6-8-15)18(14-16)19-20-11-12-21-19/h4-12,14H,2-3,13H2,1H3,(H,20,21). The second kappa shape index (κ2) is 6.94. The zero-order valence-corrected chi connectivity index (χ0v) is 12.8. The third kappa shape index (κ3) is 3.19. The number of H-pyrrole nitrogens is 1. The number of benzene rings is 2. The van der Waals surface area contributed by atoms with Crippen molar-refractivity contribution in [2.75, 3.05) is 6.61 Å². The summed E-state index contributed by atoms with van der Waals surface area (Å²) in [5, 5.41) is 0. The first-order valence-electron chi connectivity index (χ1n) is 7.70. The van der Waals surface area contributed by atoms with Crippen LogP contribution in [0.15, 0.2) is 60.9 Å². The van der Waals surface area contributed by atoms with E-state index in [9.17, 15) is 0 Å². The van der Waals surface area contributed by atoms with E-state index in [4.69, 9.17) is 4.74 Å². The van der Waals surface area contributed by atoms with Crippen LogP contribution in [0.25, 0.3) is 22.5 Å². The zero-order valence-electron chi connectivity index (χ0n) is 12.8. The Kier molecular flexibility index (Phi) is 4.54. The minimum absolute atomic E-state index is 0.749. The summed E-state index contributed by atoms with van der Waals surface area (Å²) < 4.78 is 5.83. The van der Waals surface area contributed by atoms with E-state index in [0.717, 1.165) is 42.1 Å². The normalized spacial score (nSPS) is 10.6. The number of nitrogens with zero attached hydrogens (tertiary/aromatic N) is 1. The lowest BCUT2D eigenvalue weighted by atomic mass is 9.99. The lowest BCUT2D eigenvalue weighted by molar-refractivity contribution is 0.309. The van der Waals surface area contributed by atoms with Crippen molar-refractivity contribution in [1.29, 1.82) is 0 Å². The van der Waals surface area contributed by atoms with Gasteiger partial charge in [-0.2, -0.15) is 0 Å². The molecule has 3 aromatic rings. The first-order chi connectivity index (χ1) is 10.9. The number of hydrogen-bond donors (Lipinski definition) is 1. The van der Waals surface area contributed by atoms with Crippen molar-refractivity contribution >= 4 is 0 Å². The number of unbranched alkanes of at least 4 members (excludes halogenated alkanes) is 1. The molecular formula is C19H20N2O. The van der Waals surface area contributed by atoms with E-state index in [1.54, 1.807) is 6.20 Å². The zero-order chi connectivity index (χ0) is 15.2. The maximum atomic E-state index is 5.83. The first kappa shape index (κ1) is 14.4. The highest BCUT2D eigenvalue weighted by molar-refractivity contribution is 5.81. The van der Waals surface area contributed by atoms with Crippen LogP contribution in [-0.4, -0.2) is 16.6 Å². The summed E-state index contributed by atoms with van der Waals surface area (Å²) in [5.74, 6) is 1.75. The van der Waals surface area contributed by atoms with Gasteiger partial charge in [0.25, 0.3) is 0 Å². The number of aromatic amines is 1. The highest BCUT2D eigenvalue weighted by Gasteiger charge is 2.11. The fraction of sp³-hybridized carbons (Fsp3) is 0.211. The Morgan fingerprint density at radius 2 is 1.91 bits per heavy atom. The molecule has 0 radical (unpaired) electrons. The van der Waals surface area contributed by atoms with Gasteiger partial charge < -0.3 is 9.72 Å². The van der Waals surface area contributed by atoms with Gasteiger partial charge in [0.2, 0.25) is 0 Å². The number of ether oxygens (including phenoxy) is 1. The fourth-order valence-corrected chi connectivity index (χ4v) is 2.43. The molecule has 0 bridgehead atoms. The summed E-state index contributed by atoms with van der Waals surface area (Å²) in [6.45, 7) is 2.91. The first-order valence-corrected chi connectivity index (χ1v) is 7.70. The van der Waals surface area contributed by atoms with Crippen molar-refractivity contribution in [2.45, 2.75) is 19.8 Å². The van der Waals surface area contributed by atoms with Crippen molar-refractivity contribution in [3.05, 3.63) is 60.9 Å². The molecule has 0 amide bonds. The lowest BCUT2D eigenvalue weighted by Gasteiger charge is -2.12. The van der Waals surface area contributed by atoms with Crippen LogP contribution < -0.4 is 4.74 Å². The van der Waals surface area contributed by atoms with Gasteiger partial charge in [-0.3, -0.25) is 0 Å². The molecule has 1 heterocycles. The van der Waals surface area contributed by atoms with Gasteiger partial charge in [0.05, 0.1) is 6.61 Å². The Bertz CT molecular complexity index is 706. The van der Waals surface area contributed by atoms with Gasteiger partial charge in [-0.05, 0) is 35.7 Å². The van der Waals surface area contributed by atoms with Gasteiger partial charge in [0.1, 0.15) is 11.6 Å². The summed E-state index contributed by atoms with van der Waals surface area (Å²) in [6.07, 6.45) is 5.81. The molecular weight excluding hydrogens is 272 g/mol. The number of imidazole rings is 1. The molecule has 22 heavy (non-hydrogen) atoms. The summed E-state index contributed by atoms with van der Waals surface area (Å²) in [6, 6.07) is 16.5. The summed E-state index contributed by atoms with van der Waals surface area (Å²) in [4.78, 5) is 7.59. The van der Waals surface area contributed by atoms with E-state index in [1.165, 1.54) is 5.56 Å². The minimum atomic E-state index is 0.749. The van der Waals surface area contributed by atoms with E-state index < -0.39 is 0 Å². The molecule has 3 rings (SSSR count). The third-order valence-corrected chi connectivity index (χ3v) is 3.60. The van der Waals surface area contributed by atoms with Gasteiger partial charge in [0.15, 0.2) is 0 Å². The van der Waals surface area contributed by atoms with E-state index in [-0.39, 0.29) is 0 Å². The quantitative estimate of drug-likeness (QED) is 0.655. The van der Waals surface area contributed by atoms with Crippen molar-refractivity contribution in [2.24, 2.45) is 0 Å². The molecule has 1 aromatic heterocycles. The predicted molar refractivity (Wildman–Crippen MR) is 89.9 cm³/mol. The molecule has 0 atom stereocenters. The van der Waals surface area contributed by atoms with E-state index in [2.05, 4.69) is 41.2 Å². The summed E-state index contributed by atoms with van der Waals surface area (Å²) >= 11 is 0. The molecule has 0 saturated carbocycles. The van der Waals surface area contributed by atoms with Gasteiger partial charge in [0, 0.05) is 18.0 Å². The highest BCUT2D eigenvalue weighted by atomic mass is 16.5. The van der Waals surface area contributed by atoms with Gasteiger partial charge in [-0.1, -0.05) is 43.7 Å². The van der Waals surface area contributed by atoms with E-state index in [0.29, 0.717) is 0 Å². The van der Waals surface area contributed by atoms with Crippen LogP contribution in [0, 0.1) is 0 Å². The molecule has 0 spiro atoms. The van der Waals surface area contributed by atoms with Crippen LogP contribution in [0.5, 0.6) is 5.75 Å². The van der Waals surface area contributed by atoms with Gasteiger partial charge in [-0.25, -0.2) is 4.98 Å². The lowest BCUT2D eigenvalue weighted by Crippen LogP contribution is -1.97. The average molecular weight is 292 g/mol. The maximum Gasteiger partial charge on any atom is 0.138 e. The summed E-state index contributed by atoms with van der Waals surface area (Å²) in [5.41, 5.74) is 3.39. The van der Waals surface area contributed by atoms with Crippen LogP contribution >= 0.6 is 0 Å². The van der Waals surface area contributed by atoms with E-state index >= 15 is 0 Å². The number of nitrogens with one attached hydrogen (secondary N) is 1. The van der Waals surface area contributed by atoms with E-state index in [1.807, 2.05) is 30.5 Å². The molecule has 112 valence electrons. The number of rotatable bonds is 6. The van der Waals surface area contributed by atoms with Crippen molar-refractivity contribution in [3.63, 3.8) is 0 Å². The minimum Gasteiger partial charge on any atom is -0.494 e. The van der Waals surface area contributed by atoms with Crippen molar-refractivity contribution in [1.82, 2.24) is 9.97 Å². The molecule has 0 aliphatic rings. The predicted octanol–water partition coefficient (Wildman–Crippen LogP) is 4.92. The SMILES string of the molecule is CCCCOc1ccc(-c2ccccc2)c(-c2ncc[nH]2)c1. The third-order valence-electron chi connectivity index (χ3n) is 3.60. The van der Waals surface area contributed by atoms with Crippen LogP contribution in [0.4, 0.5) is 0 Å². The highest BCUT2D eigenvalue weighted by Crippen LogP contribution is 2.33. The Morgan fingerprint density at radius 1 is 1.05 bits per heavy atom. The van der Waals surface area contributed by atoms with Crippen LogP contribution in [0.3, 0.4) is 0 Å². The maximum absolute atomic E-state index is 5.83. The van der Waals surface area contributed by atoms with Crippen molar-refractivity contribution in [3.8, 4) is 28.3 Å². The fourth-order valence-electron chi connectivity index (χ4n) is 2.43. The molecule has 2 aromatic carbocycles. The summed E-state index contributed by atoms with van der Waals surface area (Å²) in [7, 11) is 0. The van der Waals surface area contributed by atoms with Gasteiger partial charge in [-0.15, -0.1) is 0 Å². The average Bonchev–Trinajstić information content (AvgIpc) is 3.10. The Hall–Kier alpha value is -2.55. The molecule has 1 N–H and O–H groups in total. The van der Waals surface area contributed by atoms with Gasteiger partial charge >= 0.3 is 0 Å². The Balaban J connectivity index is 1.99. The Labute approximate surface area is 131 Å². The molecule has 0 fully saturated rings. The smallest absolute Gasteiger partial charge is 0.138 e. The molecule has 3 nitrogen and oxygen atoms in total. The molecule has 3 heteroatoms. The monoisotopic (exact) mass is 292 g/mol. The molecule has 0 unspecified atom stereocenters. The molecule has 0 aliphatic carbocycles. The van der Waals surface area contributed by atoms with Crippen molar-refractivity contribution < 1.29 is 4.74 Å². The largest absolute Gasteiger partial charge is 0.494 e. The van der Waals surface area contributed by atoms with Crippen LogP contribution in [-0.2, 0) is 0 Å². The van der Waals surface area contributed by atoms with Crippen LogP contribution in [0.2, 0.25) is 0 Å². The van der Waals surface area contributed by atoms with Crippen LogP contribution in [0.1, 0.15) is 19.8 Å². The Morgan fingerprint density at radius 3 is 2.64 bits per heavy atom. The second-order valence-electron chi connectivity index (χ2n) is 5.21. The molecule has 0 saturated heterocycles. The number of aromatic nitrogens is 2.